The van der Waals surface area contributed by atoms with Crippen LogP contribution in [-0.4, -0.2) is 66.8 Å². The largest absolute Gasteiger partial charge is 0.481 e. The molecule has 0 aliphatic carbocycles. The van der Waals surface area contributed by atoms with E-state index < -0.39 is 21.6 Å². The number of aliphatic carboxylic acids is 2. The van der Waals surface area contributed by atoms with E-state index in [1.807, 2.05) is 0 Å². The Kier molecular flexibility index (Phi) is 24.2. The summed E-state index contributed by atoms with van der Waals surface area (Å²) < 4.78 is -0.721. The molecule has 10 nitrogen and oxygen atoms in total. The minimum Gasteiger partial charge on any atom is -0.481 e. The van der Waals surface area contributed by atoms with Crippen LogP contribution in [0.15, 0.2) is 0 Å². The zero-order chi connectivity index (χ0) is 33.3. The number of hydrogen-bond donors (Lipinski definition) is 5. The Bertz CT molecular complexity index is 892. The van der Waals surface area contributed by atoms with Crippen LogP contribution in [-0.2, 0) is 24.0 Å². The van der Waals surface area contributed by atoms with Gasteiger partial charge in [-0.2, -0.15) is 0 Å². The van der Waals surface area contributed by atoms with Crippen LogP contribution >= 0.6 is 43.2 Å². The molecule has 260 valence electrons. The van der Waals surface area contributed by atoms with Gasteiger partial charge in [-0.3, -0.25) is 19.2 Å². The summed E-state index contributed by atoms with van der Waals surface area (Å²) in [6.07, 6.45) is 16.1. The number of carbonyl (C=O) groups excluding carboxylic acids is 3. The normalized spacial score (nSPS) is 14.8. The van der Waals surface area contributed by atoms with E-state index in [-0.39, 0.29) is 49.2 Å². The number of Topliss-reactive ketones (excluding diaryl/α,β-unsaturated/α-hetero) is 1. The fraction of sp³-hybridized carbons (Fsp3) is 0.839. The van der Waals surface area contributed by atoms with E-state index in [0.29, 0.717) is 13.0 Å². The second-order valence-corrected chi connectivity index (χ2v) is 17.6. The third kappa shape index (κ3) is 24.7. The van der Waals surface area contributed by atoms with Crippen LogP contribution in [0.4, 0.5) is 0 Å². The van der Waals surface area contributed by atoms with Crippen LogP contribution in [0.25, 0.3) is 0 Å². The van der Waals surface area contributed by atoms with Crippen molar-refractivity contribution in [2.45, 2.75) is 145 Å². The first-order valence-electron chi connectivity index (χ1n) is 16.4. The molecule has 0 saturated carbocycles. The van der Waals surface area contributed by atoms with Gasteiger partial charge < -0.3 is 26.0 Å². The summed E-state index contributed by atoms with van der Waals surface area (Å²) in [4.78, 5) is 58.5. The number of hydrogen-bond acceptors (Lipinski definition) is 10. The van der Waals surface area contributed by atoms with Gasteiger partial charge in [0.15, 0.2) is 0 Å². The topological polar surface area (TPSA) is 170 Å². The Morgan fingerprint density at radius 3 is 1.76 bits per heavy atom. The summed E-state index contributed by atoms with van der Waals surface area (Å²) >= 11 is 0. The molecule has 0 aromatic rings. The van der Waals surface area contributed by atoms with Crippen molar-refractivity contribution in [1.29, 1.82) is 0 Å². The number of unbranched alkanes of at least 4 members (excludes halogenated alkanes) is 12. The molecule has 0 aromatic heterocycles. The predicted octanol–water partition coefficient (Wildman–Crippen LogP) is 7.14. The third-order valence-electron chi connectivity index (χ3n) is 7.65. The van der Waals surface area contributed by atoms with Crippen molar-refractivity contribution in [3.8, 4) is 0 Å². The monoisotopic (exact) mass is 710 g/mol. The Labute approximate surface area is 284 Å². The lowest BCUT2D eigenvalue weighted by Crippen LogP contribution is -2.41. The Hall–Kier alpha value is -1.09. The lowest BCUT2D eigenvalue weighted by atomic mass is 9.95. The second kappa shape index (κ2) is 25.9. The summed E-state index contributed by atoms with van der Waals surface area (Å²) in [6, 6.07) is -1.09. The molecule has 1 rings (SSSR count). The summed E-state index contributed by atoms with van der Waals surface area (Å²) in [5.74, 6) is -1.50. The average molecular weight is 711 g/mol. The summed E-state index contributed by atoms with van der Waals surface area (Å²) in [5.41, 5.74) is 0. The second-order valence-electron chi connectivity index (χ2n) is 11.7. The number of carbonyl (C=O) groups is 5. The van der Waals surface area contributed by atoms with Crippen molar-refractivity contribution in [1.82, 2.24) is 10.6 Å². The van der Waals surface area contributed by atoms with Gasteiger partial charge in [0.25, 0.3) is 0 Å². The van der Waals surface area contributed by atoms with Crippen molar-refractivity contribution in [2.24, 2.45) is 5.92 Å². The Morgan fingerprint density at radius 1 is 0.689 bits per heavy atom. The molecule has 0 radical (unpaired) electrons. The number of ketones is 1. The van der Waals surface area contributed by atoms with Gasteiger partial charge in [0.2, 0.25) is 15.4 Å². The van der Waals surface area contributed by atoms with E-state index in [2.05, 4.69) is 10.6 Å². The maximum Gasteiger partial charge on any atom is 0.326 e. The van der Waals surface area contributed by atoms with E-state index >= 15 is 0 Å². The van der Waals surface area contributed by atoms with Gasteiger partial charge in [0.05, 0.1) is 0 Å². The molecule has 1 aliphatic heterocycles. The number of aliphatic hydroxyl groups is 1. The van der Waals surface area contributed by atoms with Gasteiger partial charge in [-0.1, -0.05) is 81.4 Å². The first-order valence-corrected chi connectivity index (χ1v) is 20.9. The van der Waals surface area contributed by atoms with Gasteiger partial charge >= 0.3 is 11.9 Å². The molecule has 45 heavy (non-hydrogen) atoms. The molecule has 0 aromatic carbocycles. The summed E-state index contributed by atoms with van der Waals surface area (Å²) in [7, 11) is 5.87. The fourth-order valence-electron chi connectivity index (χ4n) is 4.88. The lowest BCUT2D eigenvalue weighted by molar-refractivity contribution is -0.142. The molecule has 2 amide bonds. The highest BCUT2D eigenvalue weighted by Crippen LogP contribution is 2.71. The quantitative estimate of drug-likeness (QED) is 0.0214. The highest BCUT2D eigenvalue weighted by Gasteiger charge is 2.45. The predicted molar refractivity (Wildman–Crippen MR) is 187 cm³/mol. The summed E-state index contributed by atoms with van der Waals surface area (Å²) in [6.45, 7) is 2.06. The molecule has 1 heterocycles. The van der Waals surface area contributed by atoms with Gasteiger partial charge in [-0.25, -0.2) is 4.79 Å². The molecular weight excluding hydrogens is 657 g/mol. The first-order chi connectivity index (χ1) is 21.5. The van der Waals surface area contributed by atoms with Gasteiger partial charge in [-0.15, -0.1) is 0 Å². The molecule has 0 unspecified atom stereocenters. The standard InChI is InChI=1S/C31H54N2O8S4/c1-24(34)25(21-23-42-43-31(41)44-45-31)16-14-15-22-32-27(35)20-19-26(30(39)40)33-28(36)17-12-10-8-6-4-2-3-5-7-9-11-13-18-29(37)38/h25-26,41H,2-23H2,1H3,(H,32,35)(H,33,36)(H,37,38)(H,39,40)/t25-,26+/m1/s1. The molecular formula is C31H54N2O8S4. The van der Waals surface area contributed by atoms with E-state index in [1.54, 1.807) is 17.7 Å². The van der Waals surface area contributed by atoms with Crippen LogP contribution in [0.1, 0.15) is 135 Å². The Balaban J connectivity index is 2.03. The third-order valence-corrected chi connectivity index (χ3v) is 14.1. The molecule has 5 N–H and O–H groups in total. The zero-order valence-electron chi connectivity index (χ0n) is 26.7. The number of carboxylic acid groups (broad SMARTS) is 2. The summed E-state index contributed by atoms with van der Waals surface area (Å²) in [5, 5.41) is 33.3. The minimum absolute atomic E-state index is 0.00977. The molecule has 0 bridgehead atoms. The smallest absolute Gasteiger partial charge is 0.326 e. The molecule has 1 saturated heterocycles. The highest BCUT2D eigenvalue weighted by molar-refractivity contribution is 9.03. The van der Waals surface area contributed by atoms with Crippen LogP contribution in [0, 0.1) is 5.92 Å². The zero-order valence-corrected chi connectivity index (χ0v) is 30.0. The van der Waals surface area contributed by atoms with Crippen LogP contribution < -0.4 is 10.6 Å². The maximum absolute atomic E-state index is 12.3. The van der Waals surface area contributed by atoms with Crippen LogP contribution in [0.2, 0.25) is 0 Å². The van der Waals surface area contributed by atoms with Gasteiger partial charge in [-0.05, 0) is 77.8 Å². The molecule has 14 heteroatoms. The van der Waals surface area contributed by atoms with Gasteiger partial charge in [0.1, 0.15) is 11.8 Å². The maximum atomic E-state index is 12.3. The number of nitrogens with one attached hydrogen (secondary N) is 2. The van der Waals surface area contributed by atoms with E-state index in [1.165, 1.54) is 51.6 Å². The highest BCUT2D eigenvalue weighted by atomic mass is 33.2. The van der Waals surface area contributed by atoms with E-state index in [9.17, 15) is 34.2 Å². The molecule has 2 atom stereocenters. The number of carboxylic acids is 2. The van der Waals surface area contributed by atoms with Crippen molar-refractivity contribution in [2.75, 3.05) is 12.3 Å². The van der Waals surface area contributed by atoms with Crippen molar-refractivity contribution >= 4 is 72.7 Å². The number of amides is 2. The lowest BCUT2D eigenvalue weighted by Gasteiger charge is -2.15. The molecule has 1 fully saturated rings. The number of rotatable bonds is 31. The fourth-order valence-corrected chi connectivity index (χ4v) is 10.2. The van der Waals surface area contributed by atoms with E-state index in [0.717, 1.165) is 82.8 Å². The first kappa shape index (κ1) is 41.9. The van der Waals surface area contributed by atoms with Crippen molar-refractivity contribution < 1.29 is 39.3 Å². The van der Waals surface area contributed by atoms with Crippen molar-refractivity contribution in [3.05, 3.63) is 0 Å². The minimum atomic E-state index is -1.15. The van der Waals surface area contributed by atoms with Crippen LogP contribution in [0.5, 0.6) is 0 Å². The van der Waals surface area contributed by atoms with Crippen molar-refractivity contribution in [3.63, 3.8) is 0 Å². The van der Waals surface area contributed by atoms with Crippen LogP contribution in [0.3, 0.4) is 0 Å². The molecule has 1 aliphatic rings. The van der Waals surface area contributed by atoms with E-state index in [4.69, 9.17) is 5.11 Å². The van der Waals surface area contributed by atoms with Gasteiger partial charge in [0, 0.05) is 37.5 Å². The molecule has 0 spiro atoms. The Morgan fingerprint density at radius 2 is 1.24 bits per heavy atom. The average Bonchev–Trinajstić information content (AvgIpc) is 3.72. The SMILES string of the molecule is CC(=O)[C@H](CCCCNC(=O)CC[C@H](NC(=O)CCCCCCCCCCCCCCC(=O)O)C(=O)O)CCSSC1(O)SS1.